The first kappa shape index (κ1) is 12.8. The number of benzene rings is 1. The number of H-pyrrole nitrogens is 1. The van der Waals surface area contributed by atoms with Gasteiger partial charge in [0, 0.05) is 11.1 Å². The van der Waals surface area contributed by atoms with Crippen molar-refractivity contribution >= 4 is 26.6 Å². The van der Waals surface area contributed by atoms with Crippen LogP contribution in [-0.4, -0.2) is 31.0 Å². The molecule has 0 atom stereocenters. The highest BCUT2D eigenvalue weighted by Crippen LogP contribution is 2.18. The number of sulfonamides is 1. The maximum Gasteiger partial charge on any atom is 0.232 e. The third-order valence-corrected chi connectivity index (χ3v) is 3.88. The largest absolute Gasteiger partial charge is 0.284 e. The molecule has 0 spiro atoms. The molecule has 1 heterocycles. The van der Waals surface area contributed by atoms with Crippen molar-refractivity contribution in [1.29, 1.82) is 0 Å². The highest BCUT2D eigenvalue weighted by molar-refractivity contribution is 7.92. The zero-order valence-electron chi connectivity index (χ0n) is 9.69. The van der Waals surface area contributed by atoms with Crippen LogP contribution in [0.3, 0.4) is 0 Å². The van der Waals surface area contributed by atoms with Crippen molar-refractivity contribution in [2.75, 3.05) is 17.1 Å². The third-order valence-electron chi connectivity index (χ3n) is 2.51. The van der Waals surface area contributed by atoms with Crippen molar-refractivity contribution in [2.24, 2.45) is 0 Å². The summed E-state index contributed by atoms with van der Waals surface area (Å²) in [6.45, 7) is -0.490. The summed E-state index contributed by atoms with van der Waals surface area (Å²) in [6.07, 6.45) is 2.21. The molecule has 0 radical (unpaired) electrons. The van der Waals surface area contributed by atoms with Gasteiger partial charge in [-0.25, -0.2) is 8.42 Å². The fourth-order valence-electron chi connectivity index (χ4n) is 1.62. The van der Waals surface area contributed by atoms with Crippen LogP contribution in [0.5, 0.6) is 0 Å². The molecule has 0 saturated heterocycles. The van der Waals surface area contributed by atoms with Crippen molar-refractivity contribution in [3.05, 3.63) is 24.4 Å². The van der Waals surface area contributed by atoms with Crippen LogP contribution in [-0.2, 0) is 10.0 Å². The predicted molar refractivity (Wildman–Crippen MR) is 68.7 cm³/mol. The molecule has 0 aliphatic heterocycles. The minimum Gasteiger partial charge on any atom is -0.284 e. The van der Waals surface area contributed by atoms with Crippen LogP contribution in [0.15, 0.2) is 24.4 Å². The van der Waals surface area contributed by atoms with Gasteiger partial charge >= 0.3 is 0 Å². The Balaban J connectivity index is 2.07. The first-order chi connectivity index (χ1) is 8.61. The maximum absolute atomic E-state index is 11.9. The molecular weight excluding hydrogens is 257 g/mol. The number of hydrogen-bond acceptors (Lipinski definition) is 3. The van der Waals surface area contributed by atoms with Gasteiger partial charge in [0.05, 0.1) is 24.1 Å². The van der Waals surface area contributed by atoms with Crippen molar-refractivity contribution in [3.63, 3.8) is 0 Å². The lowest BCUT2D eigenvalue weighted by molar-refractivity contribution is 0.468. The molecular formula is C11H14FN3O2S. The van der Waals surface area contributed by atoms with E-state index in [4.69, 9.17) is 0 Å². The number of aromatic nitrogens is 2. The third kappa shape index (κ3) is 3.19. The second-order valence-corrected chi connectivity index (χ2v) is 5.83. The fourth-order valence-corrected chi connectivity index (χ4v) is 2.80. The summed E-state index contributed by atoms with van der Waals surface area (Å²) in [7, 11) is -3.41. The number of anilines is 1. The van der Waals surface area contributed by atoms with Crippen LogP contribution in [0.4, 0.5) is 10.1 Å². The lowest BCUT2D eigenvalue weighted by Crippen LogP contribution is -2.16. The molecule has 7 heteroatoms. The quantitative estimate of drug-likeness (QED) is 0.790. The van der Waals surface area contributed by atoms with Gasteiger partial charge in [0.25, 0.3) is 0 Å². The van der Waals surface area contributed by atoms with Crippen LogP contribution in [0, 0.1) is 0 Å². The molecule has 0 aliphatic rings. The summed E-state index contributed by atoms with van der Waals surface area (Å²) in [5.74, 6) is -0.0691. The highest BCUT2D eigenvalue weighted by atomic mass is 32.2. The Morgan fingerprint density at radius 1 is 1.33 bits per heavy atom. The van der Waals surface area contributed by atoms with Gasteiger partial charge in [0.1, 0.15) is 0 Å². The average molecular weight is 271 g/mol. The van der Waals surface area contributed by atoms with Gasteiger partial charge in [-0.2, -0.15) is 5.10 Å². The summed E-state index contributed by atoms with van der Waals surface area (Å²) >= 11 is 0. The molecule has 2 N–H and O–H groups in total. The maximum atomic E-state index is 11.9. The van der Waals surface area contributed by atoms with Gasteiger partial charge in [-0.3, -0.25) is 14.2 Å². The van der Waals surface area contributed by atoms with E-state index in [2.05, 4.69) is 14.9 Å². The first-order valence-electron chi connectivity index (χ1n) is 5.60. The summed E-state index contributed by atoms with van der Waals surface area (Å²) in [4.78, 5) is 0. The van der Waals surface area contributed by atoms with E-state index in [9.17, 15) is 12.8 Å². The Morgan fingerprint density at radius 2 is 2.17 bits per heavy atom. The van der Waals surface area contributed by atoms with Gasteiger partial charge in [-0.15, -0.1) is 0 Å². The number of unbranched alkanes of at least 4 members (excludes halogenated alkanes) is 1. The molecule has 0 fully saturated rings. The molecule has 0 saturated carbocycles. The van der Waals surface area contributed by atoms with Crippen LogP contribution < -0.4 is 4.72 Å². The summed E-state index contributed by atoms with van der Waals surface area (Å²) in [5, 5.41) is 7.47. The second-order valence-electron chi connectivity index (χ2n) is 3.99. The molecule has 98 valence electrons. The first-order valence-corrected chi connectivity index (χ1v) is 7.25. The zero-order valence-corrected chi connectivity index (χ0v) is 10.5. The van der Waals surface area contributed by atoms with E-state index in [1.165, 1.54) is 0 Å². The summed E-state index contributed by atoms with van der Waals surface area (Å²) in [6, 6.07) is 5.11. The van der Waals surface area contributed by atoms with E-state index >= 15 is 0 Å². The molecule has 18 heavy (non-hydrogen) atoms. The minimum absolute atomic E-state index is 0.0691. The van der Waals surface area contributed by atoms with Gasteiger partial charge < -0.3 is 0 Å². The molecule has 1 aromatic carbocycles. The number of rotatable bonds is 6. The van der Waals surface area contributed by atoms with Gasteiger partial charge in [0.15, 0.2) is 0 Å². The summed E-state index contributed by atoms with van der Waals surface area (Å²) < 4.78 is 37.8. The molecule has 0 unspecified atom stereocenters. The number of halogens is 1. The molecule has 0 bridgehead atoms. The molecule has 0 aliphatic carbocycles. The number of alkyl halides is 1. The van der Waals surface area contributed by atoms with E-state index in [0.717, 1.165) is 10.9 Å². The van der Waals surface area contributed by atoms with Gasteiger partial charge in [0.2, 0.25) is 10.0 Å². The zero-order chi connectivity index (χ0) is 13.0. The van der Waals surface area contributed by atoms with E-state index < -0.39 is 16.7 Å². The standard InChI is InChI=1S/C11H14FN3O2S/c12-5-1-2-6-18(16,17)15-10-3-4-11-9(7-10)8-13-14-11/h3-4,7-8,15H,1-2,5-6H2,(H,13,14). The Labute approximate surface area is 104 Å². The Kier molecular flexibility index (Phi) is 3.81. The Bertz CT molecular complexity index is 624. The number of fused-ring (bicyclic) bond motifs is 1. The smallest absolute Gasteiger partial charge is 0.232 e. The lowest BCUT2D eigenvalue weighted by Gasteiger charge is -2.07. The van der Waals surface area contributed by atoms with E-state index in [0.29, 0.717) is 12.1 Å². The Morgan fingerprint density at radius 3 is 2.94 bits per heavy atom. The second kappa shape index (κ2) is 5.34. The SMILES string of the molecule is O=S(=O)(CCCCF)Nc1ccc2[nH]ncc2c1. The average Bonchev–Trinajstić information content (AvgIpc) is 2.75. The highest BCUT2D eigenvalue weighted by Gasteiger charge is 2.10. The van der Waals surface area contributed by atoms with Gasteiger partial charge in [-0.1, -0.05) is 0 Å². The number of hydrogen-bond donors (Lipinski definition) is 2. The monoisotopic (exact) mass is 271 g/mol. The van der Waals surface area contributed by atoms with Crippen molar-refractivity contribution < 1.29 is 12.8 Å². The van der Waals surface area contributed by atoms with E-state index in [1.807, 2.05) is 0 Å². The molecule has 0 amide bonds. The molecule has 2 aromatic rings. The van der Waals surface area contributed by atoms with Crippen LogP contribution in [0.25, 0.3) is 10.9 Å². The van der Waals surface area contributed by atoms with Crippen LogP contribution >= 0.6 is 0 Å². The van der Waals surface area contributed by atoms with Gasteiger partial charge in [-0.05, 0) is 31.0 Å². The van der Waals surface area contributed by atoms with Crippen molar-refractivity contribution in [2.45, 2.75) is 12.8 Å². The van der Waals surface area contributed by atoms with Crippen LogP contribution in [0.1, 0.15) is 12.8 Å². The summed E-state index contributed by atoms with van der Waals surface area (Å²) in [5.41, 5.74) is 1.33. The van der Waals surface area contributed by atoms with Crippen molar-refractivity contribution in [1.82, 2.24) is 10.2 Å². The number of nitrogens with one attached hydrogen (secondary N) is 2. The van der Waals surface area contributed by atoms with E-state index in [1.54, 1.807) is 24.4 Å². The van der Waals surface area contributed by atoms with Crippen molar-refractivity contribution in [3.8, 4) is 0 Å². The molecule has 1 aromatic heterocycles. The number of aromatic amines is 1. The van der Waals surface area contributed by atoms with Crippen LogP contribution in [0.2, 0.25) is 0 Å². The molecule has 5 nitrogen and oxygen atoms in total. The lowest BCUT2D eigenvalue weighted by atomic mass is 10.2. The fraction of sp³-hybridized carbons (Fsp3) is 0.364. The topological polar surface area (TPSA) is 74.8 Å². The Hall–Kier alpha value is -1.63. The normalized spacial score (nSPS) is 11.8. The minimum atomic E-state index is -3.41. The number of nitrogens with zero attached hydrogens (tertiary/aromatic N) is 1. The molecule has 2 rings (SSSR count). The van der Waals surface area contributed by atoms with E-state index in [-0.39, 0.29) is 12.2 Å². The predicted octanol–water partition coefficient (Wildman–Crippen LogP) is 2.05.